The molecule has 0 spiro atoms. The summed E-state index contributed by atoms with van der Waals surface area (Å²) in [6.45, 7) is 4.30. The van der Waals surface area contributed by atoms with Crippen LogP contribution in [0.5, 0.6) is 5.75 Å². The zero-order valence-electron chi connectivity index (χ0n) is 17.3. The minimum atomic E-state index is -0.752. The number of amides is 1. The lowest BCUT2D eigenvalue weighted by Crippen LogP contribution is -2.27. The maximum atomic E-state index is 12.4. The van der Waals surface area contributed by atoms with Crippen LogP contribution in [0.2, 0.25) is 0 Å². The van der Waals surface area contributed by atoms with Crippen molar-refractivity contribution >= 4 is 17.6 Å². The lowest BCUT2D eigenvalue weighted by Gasteiger charge is -2.14. The first-order valence-electron chi connectivity index (χ1n) is 9.86. The Morgan fingerprint density at radius 2 is 1.69 bits per heavy atom. The van der Waals surface area contributed by atoms with Gasteiger partial charge in [0.25, 0.3) is 5.91 Å². The van der Waals surface area contributed by atoms with Crippen LogP contribution in [0, 0.1) is 0 Å². The van der Waals surface area contributed by atoms with Gasteiger partial charge < -0.3 is 19.5 Å². The van der Waals surface area contributed by atoms with Crippen molar-refractivity contribution in [1.29, 1.82) is 0 Å². The Balaban J connectivity index is 1.87. The van der Waals surface area contributed by atoms with Crippen LogP contribution in [0.25, 0.3) is 0 Å². The number of benzene rings is 2. The lowest BCUT2D eigenvalue weighted by molar-refractivity contribution is -0.152. The summed E-state index contributed by atoms with van der Waals surface area (Å²) >= 11 is 0. The number of hydrogen-bond acceptors (Lipinski definition) is 5. The highest BCUT2D eigenvalue weighted by Gasteiger charge is 2.16. The van der Waals surface area contributed by atoms with Crippen molar-refractivity contribution in [2.75, 3.05) is 25.6 Å². The van der Waals surface area contributed by atoms with E-state index in [4.69, 9.17) is 14.2 Å². The Morgan fingerprint density at radius 1 is 1.00 bits per heavy atom. The Morgan fingerprint density at radius 3 is 2.31 bits per heavy atom. The number of methoxy groups -OCH3 is 1. The Labute approximate surface area is 172 Å². The highest BCUT2D eigenvalue weighted by Crippen LogP contribution is 2.17. The van der Waals surface area contributed by atoms with Gasteiger partial charge in [0.05, 0.1) is 6.61 Å². The third kappa shape index (κ3) is 7.58. The molecule has 0 fully saturated rings. The third-order valence-corrected chi connectivity index (χ3v) is 4.32. The number of unbranched alkanes of at least 4 members (excludes halogenated alkanes) is 1. The third-order valence-electron chi connectivity index (χ3n) is 4.32. The molecule has 0 aliphatic heterocycles. The van der Waals surface area contributed by atoms with Gasteiger partial charge in [0, 0.05) is 18.4 Å². The van der Waals surface area contributed by atoms with Crippen molar-refractivity contribution in [3.05, 3.63) is 59.7 Å². The van der Waals surface area contributed by atoms with Crippen LogP contribution in [-0.4, -0.2) is 38.3 Å². The van der Waals surface area contributed by atoms with E-state index in [1.165, 1.54) is 12.7 Å². The Bertz CT molecular complexity index is 771. The topological polar surface area (TPSA) is 73.9 Å². The minimum Gasteiger partial charge on any atom is -0.479 e. The molecule has 6 heteroatoms. The SMILES string of the molecule is CCCCc1ccc(NC(=O)c2ccc(O[C@H](C)C(=O)OCCOC)cc2)cc1. The van der Waals surface area contributed by atoms with Gasteiger partial charge in [-0.3, -0.25) is 4.79 Å². The molecule has 0 bridgehead atoms. The number of rotatable bonds is 11. The predicted octanol–water partition coefficient (Wildman–Crippen LogP) is 4.24. The van der Waals surface area contributed by atoms with Gasteiger partial charge in [0.15, 0.2) is 6.10 Å². The second kappa shape index (κ2) is 11.9. The van der Waals surface area contributed by atoms with Gasteiger partial charge in [-0.25, -0.2) is 4.79 Å². The van der Waals surface area contributed by atoms with E-state index in [-0.39, 0.29) is 12.5 Å². The summed E-state index contributed by atoms with van der Waals surface area (Å²) in [5.41, 5.74) is 2.52. The number of esters is 1. The van der Waals surface area contributed by atoms with Crippen molar-refractivity contribution in [1.82, 2.24) is 0 Å². The summed E-state index contributed by atoms with van der Waals surface area (Å²) in [6.07, 6.45) is 2.61. The summed E-state index contributed by atoms with van der Waals surface area (Å²) in [4.78, 5) is 24.2. The van der Waals surface area contributed by atoms with Crippen molar-refractivity contribution in [3.8, 4) is 5.75 Å². The summed E-state index contributed by atoms with van der Waals surface area (Å²) in [5.74, 6) is -0.186. The first kappa shape index (κ1) is 22.4. The van der Waals surface area contributed by atoms with Crippen molar-refractivity contribution in [2.45, 2.75) is 39.2 Å². The number of aryl methyl sites for hydroxylation is 1. The number of carbonyl (C=O) groups is 2. The van der Waals surface area contributed by atoms with Crippen molar-refractivity contribution in [2.24, 2.45) is 0 Å². The van der Waals surface area contributed by atoms with E-state index in [1.54, 1.807) is 31.2 Å². The van der Waals surface area contributed by atoms with Gasteiger partial charge in [-0.2, -0.15) is 0 Å². The average molecular weight is 399 g/mol. The van der Waals surface area contributed by atoms with Crippen molar-refractivity contribution in [3.63, 3.8) is 0 Å². The van der Waals surface area contributed by atoms with E-state index in [0.717, 1.165) is 24.9 Å². The van der Waals surface area contributed by atoms with E-state index in [1.807, 2.05) is 24.3 Å². The van der Waals surface area contributed by atoms with Crippen LogP contribution in [0.15, 0.2) is 48.5 Å². The molecule has 6 nitrogen and oxygen atoms in total. The average Bonchev–Trinajstić information content (AvgIpc) is 2.73. The number of hydrogen-bond donors (Lipinski definition) is 1. The zero-order chi connectivity index (χ0) is 21.1. The van der Waals surface area contributed by atoms with E-state index >= 15 is 0 Å². The fourth-order valence-electron chi connectivity index (χ4n) is 2.62. The maximum Gasteiger partial charge on any atom is 0.347 e. The van der Waals surface area contributed by atoms with E-state index in [2.05, 4.69) is 12.2 Å². The molecular formula is C23H29NO5. The summed E-state index contributed by atoms with van der Waals surface area (Å²) < 4.78 is 15.4. The second-order valence-electron chi connectivity index (χ2n) is 6.70. The number of anilines is 1. The fourth-order valence-corrected chi connectivity index (χ4v) is 2.62. The van der Waals surface area contributed by atoms with Gasteiger partial charge in [0.2, 0.25) is 0 Å². The Kier molecular flexibility index (Phi) is 9.18. The summed E-state index contributed by atoms with van der Waals surface area (Å²) in [5, 5.41) is 2.88. The molecular weight excluding hydrogens is 370 g/mol. The highest BCUT2D eigenvalue weighted by atomic mass is 16.6. The molecule has 0 aromatic heterocycles. The molecule has 2 rings (SSSR count). The second-order valence-corrected chi connectivity index (χ2v) is 6.70. The van der Waals surface area contributed by atoms with Gasteiger partial charge in [0.1, 0.15) is 12.4 Å². The van der Waals surface area contributed by atoms with Crippen LogP contribution in [-0.2, 0) is 20.7 Å². The molecule has 0 saturated carbocycles. The minimum absolute atomic E-state index is 0.182. The molecule has 1 N–H and O–H groups in total. The van der Waals surface area contributed by atoms with Gasteiger partial charge in [-0.05, 0) is 61.7 Å². The van der Waals surface area contributed by atoms with Crippen LogP contribution >= 0.6 is 0 Å². The molecule has 156 valence electrons. The molecule has 2 aromatic carbocycles. The molecule has 0 radical (unpaired) electrons. The van der Waals surface area contributed by atoms with Crippen LogP contribution in [0.1, 0.15) is 42.6 Å². The van der Waals surface area contributed by atoms with Gasteiger partial charge >= 0.3 is 5.97 Å². The zero-order valence-corrected chi connectivity index (χ0v) is 17.3. The standard InChI is InChI=1S/C23H29NO5/c1-4-5-6-18-7-11-20(12-8-18)24-22(25)19-9-13-21(14-10-19)29-17(2)23(26)28-16-15-27-3/h7-14,17H,4-6,15-16H2,1-3H3,(H,24,25)/t17-/m1/s1. The van der Waals surface area contributed by atoms with Gasteiger partial charge in [-0.1, -0.05) is 25.5 Å². The molecule has 1 amide bonds. The van der Waals surface area contributed by atoms with E-state index < -0.39 is 12.1 Å². The molecule has 0 unspecified atom stereocenters. The van der Waals surface area contributed by atoms with Crippen molar-refractivity contribution < 1.29 is 23.8 Å². The number of ether oxygens (including phenoxy) is 3. The molecule has 0 saturated heterocycles. The predicted molar refractivity (Wildman–Crippen MR) is 112 cm³/mol. The normalized spacial score (nSPS) is 11.6. The molecule has 0 aliphatic rings. The lowest BCUT2D eigenvalue weighted by atomic mass is 10.1. The summed E-state index contributed by atoms with van der Waals surface area (Å²) in [7, 11) is 1.54. The first-order chi connectivity index (χ1) is 14.0. The maximum absolute atomic E-state index is 12.4. The molecule has 1 atom stereocenters. The first-order valence-corrected chi connectivity index (χ1v) is 9.86. The van der Waals surface area contributed by atoms with Gasteiger partial charge in [-0.15, -0.1) is 0 Å². The molecule has 0 aliphatic carbocycles. The number of nitrogens with one attached hydrogen (secondary N) is 1. The Hall–Kier alpha value is -2.86. The fraction of sp³-hybridized carbons (Fsp3) is 0.391. The largest absolute Gasteiger partial charge is 0.479 e. The highest BCUT2D eigenvalue weighted by molar-refractivity contribution is 6.04. The quantitative estimate of drug-likeness (QED) is 0.452. The van der Waals surface area contributed by atoms with E-state index in [9.17, 15) is 9.59 Å². The van der Waals surface area contributed by atoms with Crippen LogP contribution in [0.3, 0.4) is 0 Å². The van der Waals surface area contributed by atoms with Crippen LogP contribution < -0.4 is 10.1 Å². The molecule has 29 heavy (non-hydrogen) atoms. The van der Waals surface area contributed by atoms with E-state index in [0.29, 0.717) is 17.9 Å². The van der Waals surface area contributed by atoms with Crippen LogP contribution in [0.4, 0.5) is 5.69 Å². The smallest absolute Gasteiger partial charge is 0.347 e. The number of carbonyl (C=O) groups excluding carboxylic acids is 2. The molecule has 2 aromatic rings. The molecule has 0 heterocycles. The monoisotopic (exact) mass is 399 g/mol. The summed E-state index contributed by atoms with van der Waals surface area (Å²) in [6, 6.07) is 14.5.